The van der Waals surface area contributed by atoms with Gasteiger partial charge in [0.2, 0.25) is 11.8 Å². The first-order chi connectivity index (χ1) is 17.7. The van der Waals surface area contributed by atoms with E-state index in [0.717, 1.165) is 23.1 Å². The first-order valence-electron chi connectivity index (χ1n) is 11.6. The molecule has 2 aliphatic heterocycles. The zero-order valence-corrected chi connectivity index (χ0v) is 19.8. The molecule has 0 spiro atoms. The van der Waals surface area contributed by atoms with Crippen LogP contribution in [0.4, 0.5) is 30.8 Å². The summed E-state index contributed by atoms with van der Waals surface area (Å²) in [6.45, 7) is 2.08. The van der Waals surface area contributed by atoms with Gasteiger partial charge in [0, 0.05) is 30.1 Å². The van der Waals surface area contributed by atoms with Crippen LogP contribution in [0.2, 0.25) is 0 Å². The molecule has 1 aromatic heterocycles. The monoisotopic (exact) mass is 507 g/mol. The number of nitrogen functional groups attached to an aromatic ring is 1. The van der Waals surface area contributed by atoms with Crippen molar-refractivity contribution in [2.24, 2.45) is 5.92 Å². The molecule has 5 rings (SSSR count). The van der Waals surface area contributed by atoms with Gasteiger partial charge < -0.3 is 20.7 Å². The lowest BCUT2D eigenvalue weighted by atomic mass is 9.92. The Bertz CT molecular complexity index is 1400. The van der Waals surface area contributed by atoms with Crippen LogP contribution < -0.4 is 20.7 Å². The van der Waals surface area contributed by atoms with Crippen LogP contribution in [0, 0.1) is 24.5 Å². The number of nitrogens with two attached hydrogens (primary N) is 1. The van der Waals surface area contributed by atoms with E-state index < -0.39 is 41.4 Å². The normalized spacial score (nSPS) is 19.1. The summed E-state index contributed by atoms with van der Waals surface area (Å²) in [5, 5.41) is 2.59. The number of halogens is 2. The number of aromatic nitrogens is 1. The predicted octanol–water partition coefficient (Wildman–Crippen LogP) is 4.23. The van der Waals surface area contributed by atoms with Crippen molar-refractivity contribution in [2.45, 2.75) is 25.8 Å². The lowest BCUT2D eigenvalue weighted by Gasteiger charge is -2.40. The van der Waals surface area contributed by atoms with Crippen LogP contribution in [-0.2, 0) is 9.59 Å². The van der Waals surface area contributed by atoms with Crippen LogP contribution in [0.15, 0.2) is 54.7 Å². The molecule has 2 atom stereocenters. The molecule has 9 nitrogen and oxygen atoms in total. The quantitative estimate of drug-likeness (QED) is 0.499. The van der Waals surface area contributed by atoms with E-state index in [1.54, 1.807) is 13.0 Å². The second-order valence-corrected chi connectivity index (χ2v) is 8.87. The third-order valence-electron chi connectivity index (χ3n) is 6.59. The van der Waals surface area contributed by atoms with Crippen molar-refractivity contribution in [1.82, 2.24) is 9.88 Å². The van der Waals surface area contributed by atoms with E-state index in [2.05, 4.69) is 10.3 Å². The maximum absolute atomic E-state index is 14.8. The van der Waals surface area contributed by atoms with Gasteiger partial charge in [-0.25, -0.2) is 23.5 Å². The summed E-state index contributed by atoms with van der Waals surface area (Å²) in [5.74, 6) is -3.37. The molecule has 0 radical (unpaired) electrons. The van der Waals surface area contributed by atoms with Gasteiger partial charge >= 0.3 is 6.03 Å². The van der Waals surface area contributed by atoms with E-state index in [1.165, 1.54) is 35.4 Å². The Morgan fingerprint density at radius 1 is 1.11 bits per heavy atom. The largest absolute Gasteiger partial charge is 0.454 e. The highest BCUT2D eigenvalue weighted by molar-refractivity contribution is 6.23. The molecule has 2 aromatic carbocycles. The van der Waals surface area contributed by atoms with Crippen molar-refractivity contribution < 1.29 is 27.9 Å². The molecule has 37 heavy (non-hydrogen) atoms. The SMILES string of the molecule is Cc1c(Oc2ccc(NC(=O)C3C(=O)N(c4ccc(F)cc4)C(=O)N4CCCC34)cc2F)ccnc1N. The first kappa shape index (κ1) is 24.2. The Morgan fingerprint density at radius 2 is 1.86 bits per heavy atom. The second-order valence-electron chi connectivity index (χ2n) is 8.87. The number of amides is 4. The molecule has 190 valence electrons. The zero-order chi connectivity index (χ0) is 26.3. The number of anilines is 3. The summed E-state index contributed by atoms with van der Waals surface area (Å²) in [6, 6.07) is 9.13. The van der Waals surface area contributed by atoms with Gasteiger partial charge in [-0.1, -0.05) is 0 Å². The maximum Gasteiger partial charge on any atom is 0.331 e. The van der Waals surface area contributed by atoms with E-state index in [4.69, 9.17) is 10.5 Å². The number of ether oxygens (including phenoxy) is 1. The minimum atomic E-state index is -1.22. The molecule has 0 saturated carbocycles. The number of rotatable bonds is 5. The number of imide groups is 1. The summed E-state index contributed by atoms with van der Waals surface area (Å²) in [5.41, 5.74) is 6.60. The number of nitrogens with one attached hydrogen (secondary N) is 1. The molecule has 2 unspecified atom stereocenters. The van der Waals surface area contributed by atoms with Crippen LogP contribution in [0.5, 0.6) is 11.5 Å². The smallest absolute Gasteiger partial charge is 0.331 e. The zero-order valence-electron chi connectivity index (χ0n) is 19.8. The molecule has 0 bridgehead atoms. The number of pyridine rings is 1. The highest BCUT2D eigenvalue weighted by Crippen LogP contribution is 2.35. The maximum atomic E-state index is 14.8. The van der Waals surface area contributed by atoms with Gasteiger partial charge in [-0.05, 0) is 62.2 Å². The van der Waals surface area contributed by atoms with Gasteiger partial charge in [0.05, 0.1) is 11.7 Å². The number of carbonyl (C=O) groups excluding carboxylic acids is 3. The molecule has 3 N–H and O–H groups in total. The molecule has 11 heteroatoms. The van der Waals surface area contributed by atoms with Crippen molar-refractivity contribution in [3.63, 3.8) is 0 Å². The number of hydrogen-bond acceptors (Lipinski definition) is 6. The van der Waals surface area contributed by atoms with Crippen molar-refractivity contribution in [2.75, 3.05) is 22.5 Å². The molecular weight excluding hydrogens is 484 g/mol. The fourth-order valence-electron chi connectivity index (χ4n) is 4.66. The van der Waals surface area contributed by atoms with E-state index in [0.29, 0.717) is 30.7 Å². The van der Waals surface area contributed by atoms with E-state index in [9.17, 15) is 23.2 Å². The number of carbonyl (C=O) groups is 3. The van der Waals surface area contributed by atoms with Crippen molar-refractivity contribution in [3.05, 3.63) is 71.9 Å². The summed E-state index contributed by atoms with van der Waals surface area (Å²) < 4.78 is 33.9. The van der Waals surface area contributed by atoms with Gasteiger partial charge in [0.15, 0.2) is 11.6 Å². The van der Waals surface area contributed by atoms with Gasteiger partial charge in [-0.3, -0.25) is 9.59 Å². The number of fused-ring (bicyclic) bond motifs is 1. The van der Waals surface area contributed by atoms with Crippen molar-refractivity contribution >= 4 is 35.0 Å². The molecule has 2 aliphatic rings. The Balaban J connectivity index is 1.37. The van der Waals surface area contributed by atoms with Crippen LogP contribution >= 0.6 is 0 Å². The lowest BCUT2D eigenvalue weighted by molar-refractivity contribution is -0.133. The minimum absolute atomic E-state index is 0.0875. The van der Waals surface area contributed by atoms with E-state index in [1.807, 2.05) is 0 Å². The van der Waals surface area contributed by atoms with Gasteiger partial charge in [0.1, 0.15) is 23.3 Å². The third-order valence-corrected chi connectivity index (χ3v) is 6.59. The highest BCUT2D eigenvalue weighted by atomic mass is 19.1. The van der Waals surface area contributed by atoms with Crippen molar-refractivity contribution in [3.8, 4) is 11.5 Å². The first-order valence-corrected chi connectivity index (χ1v) is 11.6. The number of hydrogen-bond donors (Lipinski definition) is 2. The molecule has 3 aromatic rings. The fraction of sp³-hybridized carbons (Fsp3) is 0.231. The molecular formula is C26H23F2N5O4. The molecule has 4 amide bonds. The van der Waals surface area contributed by atoms with E-state index >= 15 is 0 Å². The topological polar surface area (TPSA) is 118 Å². The summed E-state index contributed by atoms with van der Waals surface area (Å²) in [7, 11) is 0. The van der Waals surface area contributed by atoms with E-state index in [-0.39, 0.29) is 22.9 Å². The third kappa shape index (κ3) is 4.44. The van der Waals surface area contributed by atoms with Crippen molar-refractivity contribution in [1.29, 1.82) is 0 Å². The Morgan fingerprint density at radius 3 is 2.59 bits per heavy atom. The Labute approximate surface area is 210 Å². The Hall–Kier alpha value is -4.54. The summed E-state index contributed by atoms with van der Waals surface area (Å²) in [6.07, 6.45) is 2.55. The van der Waals surface area contributed by atoms with Crippen LogP contribution in [-0.4, -0.2) is 40.3 Å². The van der Waals surface area contributed by atoms with Crippen LogP contribution in [0.3, 0.4) is 0 Å². The number of urea groups is 1. The highest BCUT2D eigenvalue weighted by Gasteiger charge is 2.51. The van der Waals surface area contributed by atoms with Gasteiger partial charge in [0.25, 0.3) is 0 Å². The minimum Gasteiger partial charge on any atom is -0.454 e. The second kappa shape index (κ2) is 9.49. The van der Waals surface area contributed by atoms with Gasteiger partial charge in [-0.15, -0.1) is 0 Å². The lowest BCUT2D eigenvalue weighted by Crippen LogP contribution is -2.62. The number of nitrogens with zero attached hydrogens (tertiary/aromatic N) is 3. The van der Waals surface area contributed by atoms with Crippen LogP contribution in [0.1, 0.15) is 18.4 Å². The molecule has 0 aliphatic carbocycles. The molecule has 2 fully saturated rings. The van der Waals surface area contributed by atoms with Gasteiger partial charge in [-0.2, -0.15) is 0 Å². The molecule has 2 saturated heterocycles. The average Bonchev–Trinajstić information content (AvgIpc) is 3.34. The summed E-state index contributed by atoms with van der Waals surface area (Å²) >= 11 is 0. The Kier molecular flexibility index (Phi) is 6.20. The standard InChI is InChI=1S/C26H23F2N5O4/c1-14-20(10-11-30-23(14)29)37-21-9-6-16(13-18(21)28)31-24(34)22-19-3-2-12-32(19)26(36)33(25(22)35)17-7-4-15(27)5-8-17/h4-11,13,19,22H,2-3,12H2,1H3,(H2,29,30)(H,31,34). The average molecular weight is 507 g/mol. The predicted molar refractivity (Wildman–Crippen MR) is 131 cm³/mol. The van der Waals surface area contributed by atoms with Crippen LogP contribution in [0.25, 0.3) is 0 Å². The number of benzene rings is 2. The summed E-state index contributed by atoms with van der Waals surface area (Å²) in [4.78, 5) is 46.0. The molecule has 3 heterocycles. The fourth-order valence-corrected chi connectivity index (χ4v) is 4.66.